The van der Waals surface area contributed by atoms with Gasteiger partial charge < -0.3 is 4.74 Å². The third-order valence-corrected chi connectivity index (χ3v) is 8.52. The summed E-state index contributed by atoms with van der Waals surface area (Å²) in [4.78, 5) is 2.03. The fourth-order valence-electron chi connectivity index (χ4n) is 4.81. The van der Waals surface area contributed by atoms with Gasteiger partial charge in [0.15, 0.2) is 0 Å². The van der Waals surface area contributed by atoms with Gasteiger partial charge in [-0.3, -0.25) is 4.90 Å². The number of rotatable bonds is 11. The summed E-state index contributed by atoms with van der Waals surface area (Å²) in [7, 11) is -3.28. The van der Waals surface area contributed by atoms with Crippen molar-refractivity contribution in [1.29, 1.82) is 0 Å². The standard InChI is InChI=1S/C27H35ClF4N2O3S/c1-26(2,21-10-12-22(29)13-11-21)19-33(17-20-7-4-9-24(25(20)28)27(30,31)32)14-6-16-37-23-8-5-15-34(18-23)38(3,35)36/h4,7,9-13,23H,5-6,8,14-19H2,1-3H3. The van der Waals surface area contributed by atoms with Crippen LogP contribution in [-0.2, 0) is 32.9 Å². The van der Waals surface area contributed by atoms with E-state index in [0.29, 0.717) is 44.8 Å². The molecule has 0 spiro atoms. The number of hydrogen-bond donors (Lipinski definition) is 0. The lowest BCUT2D eigenvalue weighted by molar-refractivity contribution is -0.137. The molecule has 1 aliphatic rings. The summed E-state index contributed by atoms with van der Waals surface area (Å²) in [5, 5.41) is -0.316. The zero-order valence-corrected chi connectivity index (χ0v) is 23.5. The van der Waals surface area contributed by atoms with E-state index in [0.717, 1.165) is 24.5 Å². The van der Waals surface area contributed by atoms with Crippen LogP contribution in [0.4, 0.5) is 17.6 Å². The molecule has 0 saturated carbocycles. The van der Waals surface area contributed by atoms with Crippen molar-refractivity contribution in [2.45, 2.75) is 57.3 Å². The number of benzene rings is 2. The fraction of sp³-hybridized carbons (Fsp3) is 0.556. The molecule has 0 amide bonds. The molecule has 5 nitrogen and oxygen atoms in total. The normalized spacial score (nSPS) is 17.8. The Hall–Kier alpha value is -1.72. The van der Waals surface area contributed by atoms with Crippen LogP contribution < -0.4 is 0 Å². The van der Waals surface area contributed by atoms with Crippen molar-refractivity contribution in [3.05, 3.63) is 70.0 Å². The van der Waals surface area contributed by atoms with Crippen molar-refractivity contribution in [2.24, 2.45) is 0 Å². The molecule has 0 bridgehead atoms. The SMILES string of the molecule is CC(C)(CN(CCCOC1CCCN(S(C)(=O)=O)C1)Cc1cccc(C(F)(F)F)c1Cl)c1ccc(F)cc1. The van der Waals surface area contributed by atoms with Gasteiger partial charge in [-0.1, -0.05) is 49.7 Å². The van der Waals surface area contributed by atoms with E-state index in [4.69, 9.17) is 16.3 Å². The van der Waals surface area contributed by atoms with Crippen LogP contribution in [0.3, 0.4) is 0 Å². The minimum absolute atomic E-state index is 0.193. The highest BCUT2D eigenvalue weighted by atomic mass is 35.5. The Morgan fingerprint density at radius 1 is 1.13 bits per heavy atom. The molecule has 38 heavy (non-hydrogen) atoms. The molecule has 11 heteroatoms. The lowest BCUT2D eigenvalue weighted by Gasteiger charge is -2.34. The van der Waals surface area contributed by atoms with E-state index in [-0.39, 0.29) is 23.5 Å². The second kappa shape index (κ2) is 12.6. The first-order valence-electron chi connectivity index (χ1n) is 12.6. The van der Waals surface area contributed by atoms with E-state index >= 15 is 0 Å². The molecule has 2 aromatic carbocycles. The predicted octanol–water partition coefficient (Wildman–Crippen LogP) is 6.11. The number of halogens is 5. The van der Waals surface area contributed by atoms with Gasteiger partial charge in [0.1, 0.15) is 5.82 Å². The number of piperidine rings is 1. The Balaban J connectivity index is 1.71. The second-order valence-corrected chi connectivity index (χ2v) is 12.8. The average Bonchev–Trinajstić information content (AvgIpc) is 2.82. The van der Waals surface area contributed by atoms with Gasteiger partial charge >= 0.3 is 6.18 Å². The minimum atomic E-state index is -4.56. The monoisotopic (exact) mass is 578 g/mol. The summed E-state index contributed by atoms with van der Waals surface area (Å²) in [5.74, 6) is -0.341. The molecule has 0 radical (unpaired) electrons. The fourth-order valence-corrected chi connectivity index (χ4v) is 6.00. The van der Waals surface area contributed by atoms with E-state index in [1.165, 1.54) is 28.8 Å². The molecule has 0 aliphatic carbocycles. The van der Waals surface area contributed by atoms with Gasteiger partial charge in [0.25, 0.3) is 0 Å². The van der Waals surface area contributed by atoms with Crippen LogP contribution in [0.5, 0.6) is 0 Å². The topological polar surface area (TPSA) is 49.9 Å². The number of ether oxygens (including phenoxy) is 1. The smallest absolute Gasteiger partial charge is 0.377 e. The first-order chi connectivity index (χ1) is 17.7. The molecule has 0 N–H and O–H groups in total. The van der Waals surface area contributed by atoms with Crippen LogP contribution in [0.15, 0.2) is 42.5 Å². The van der Waals surface area contributed by atoms with Crippen LogP contribution >= 0.6 is 11.6 Å². The van der Waals surface area contributed by atoms with Crippen LogP contribution in [0.2, 0.25) is 5.02 Å². The van der Waals surface area contributed by atoms with Crippen LogP contribution in [0.25, 0.3) is 0 Å². The minimum Gasteiger partial charge on any atom is -0.377 e. The Morgan fingerprint density at radius 3 is 2.45 bits per heavy atom. The molecular weight excluding hydrogens is 544 g/mol. The maximum absolute atomic E-state index is 13.5. The van der Waals surface area contributed by atoms with Gasteiger partial charge in [-0.2, -0.15) is 17.5 Å². The molecule has 1 heterocycles. The average molecular weight is 579 g/mol. The second-order valence-electron chi connectivity index (χ2n) is 10.5. The van der Waals surface area contributed by atoms with E-state index < -0.39 is 27.2 Å². The largest absolute Gasteiger partial charge is 0.417 e. The summed E-state index contributed by atoms with van der Waals surface area (Å²) in [6, 6.07) is 10.1. The summed E-state index contributed by atoms with van der Waals surface area (Å²) in [6.45, 7) is 6.38. The van der Waals surface area contributed by atoms with Crippen molar-refractivity contribution >= 4 is 21.6 Å². The van der Waals surface area contributed by atoms with Gasteiger partial charge in [-0.25, -0.2) is 12.8 Å². The van der Waals surface area contributed by atoms with Crippen LogP contribution in [-0.4, -0.2) is 62.8 Å². The van der Waals surface area contributed by atoms with Crippen molar-refractivity contribution < 1.29 is 30.7 Å². The van der Waals surface area contributed by atoms with Crippen molar-refractivity contribution in [3.8, 4) is 0 Å². The van der Waals surface area contributed by atoms with Crippen molar-refractivity contribution in [2.75, 3.05) is 39.0 Å². The van der Waals surface area contributed by atoms with E-state index in [1.54, 1.807) is 18.2 Å². The van der Waals surface area contributed by atoms with E-state index in [1.807, 2.05) is 18.7 Å². The Bertz CT molecular complexity index is 1170. The number of hydrogen-bond acceptors (Lipinski definition) is 4. The van der Waals surface area contributed by atoms with Gasteiger partial charge in [0.05, 0.1) is 22.9 Å². The first kappa shape index (κ1) is 30.8. The molecule has 1 aliphatic heterocycles. The van der Waals surface area contributed by atoms with Crippen molar-refractivity contribution in [1.82, 2.24) is 9.21 Å². The Morgan fingerprint density at radius 2 is 1.82 bits per heavy atom. The molecule has 1 saturated heterocycles. The van der Waals surface area contributed by atoms with Gasteiger partial charge in [-0.05, 0) is 48.6 Å². The van der Waals surface area contributed by atoms with Gasteiger partial charge in [0.2, 0.25) is 10.0 Å². The molecule has 1 atom stereocenters. The quantitative estimate of drug-likeness (QED) is 0.238. The van der Waals surface area contributed by atoms with Crippen LogP contribution in [0.1, 0.15) is 49.8 Å². The van der Waals surface area contributed by atoms with E-state index in [9.17, 15) is 26.0 Å². The van der Waals surface area contributed by atoms with Crippen molar-refractivity contribution in [3.63, 3.8) is 0 Å². The lowest BCUT2D eigenvalue weighted by atomic mass is 9.84. The summed E-state index contributed by atoms with van der Waals surface area (Å²) < 4.78 is 84.9. The highest BCUT2D eigenvalue weighted by Gasteiger charge is 2.34. The third kappa shape index (κ3) is 8.64. The molecule has 0 aromatic heterocycles. The third-order valence-electron chi connectivity index (χ3n) is 6.80. The van der Waals surface area contributed by atoms with Crippen LogP contribution in [0, 0.1) is 5.82 Å². The van der Waals surface area contributed by atoms with E-state index in [2.05, 4.69) is 0 Å². The Labute approximate surface area is 227 Å². The molecule has 3 rings (SSSR count). The number of nitrogens with zero attached hydrogens (tertiary/aromatic N) is 2. The summed E-state index contributed by atoms with van der Waals surface area (Å²) in [6.07, 6.45) is -1.48. The highest BCUT2D eigenvalue weighted by Crippen LogP contribution is 2.37. The predicted molar refractivity (Wildman–Crippen MR) is 141 cm³/mol. The Kier molecular flexibility index (Phi) is 10.2. The number of alkyl halides is 3. The lowest BCUT2D eigenvalue weighted by Crippen LogP contribution is -2.43. The first-order valence-corrected chi connectivity index (χ1v) is 14.8. The summed E-state index contributed by atoms with van der Waals surface area (Å²) in [5.41, 5.74) is -0.0283. The molecule has 1 unspecified atom stereocenters. The maximum Gasteiger partial charge on any atom is 0.417 e. The maximum atomic E-state index is 13.5. The summed E-state index contributed by atoms with van der Waals surface area (Å²) >= 11 is 6.19. The zero-order chi connectivity index (χ0) is 28.1. The molecular formula is C27H35ClF4N2O3S. The molecule has 2 aromatic rings. The van der Waals surface area contributed by atoms with Gasteiger partial charge in [-0.15, -0.1) is 0 Å². The zero-order valence-electron chi connectivity index (χ0n) is 21.9. The highest BCUT2D eigenvalue weighted by molar-refractivity contribution is 7.88. The molecule has 212 valence electrons. The van der Waals surface area contributed by atoms with Gasteiger partial charge in [0, 0.05) is 44.7 Å². The number of sulfonamides is 1. The molecule has 1 fully saturated rings.